The van der Waals surface area contributed by atoms with Crippen molar-refractivity contribution < 1.29 is 13.2 Å². The molecule has 0 saturated carbocycles. The minimum absolute atomic E-state index is 0.0345. The van der Waals surface area contributed by atoms with Gasteiger partial charge in [0.15, 0.2) is 9.84 Å². The van der Waals surface area contributed by atoms with E-state index in [2.05, 4.69) is 0 Å². The molecule has 17 heavy (non-hydrogen) atoms. The van der Waals surface area contributed by atoms with Crippen LogP contribution in [0, 0.1) is 18.3 Å². The van der Waals surface area contributed by atoms with E-state index in [1.165, 1.54) is 0 Å². The predicted molar refractivity (Wildman–Crippen MR) is 65.6 cm³/mol. The third-order valence-electron chi connectivity index (χ3n) is 2.18. The van der Waals surface area contributed by atoms with Crippen molar-refractivity contribution in [2.75, 3.05) is 18.1 Å². The molecule has 0 aromatic heterocycles. The minimum Gasteiger partial charge on any atom is -0.493 e. The lowest BCUT2D eigenvalue weighted by Crippen LogP contribution is -2.16. The van der Waals surface area contributed by atoms with Gasteiger partial charge in [0, 0.05) is 6.42 Å². The first-order chi connectivity index (χ1) is 8.03. The van der Waals surface area contributed by atoms with E-state index in [-0.39, 0.29) is 24.5 Å². The van der Waals surface area contributed by atoms with Gasteiger partial charge in [-0.1, -0.05) is 12.1 Å². The predicted octanol–water partition coefficient (Wildman–Crippen LogP) is 1.70. The first kappa shape index (κ1) is 13.5. The molecule has 1 aromatic carbocycles. The van der Waals surface area contributed by atoms with Crippen LogP contribution in [0.5, 0.6) is 5.75 Å². The van der Waals surface area contributed by atoms with Crippen LogP contribution in [0.4, 0.5) is 0 Å². The van der Waals surface area contributed by atoms with Gasteiger partial charge < -0.3 is 4.74 Å². The van der Waals surface area contributed by atoms with Gasteiger partial charge in [-0.2, -0.15) is 5.26 Å². The molecule has 0 aliphatic carbocycles. The minimum atomic E-state index is -3.17. The van der Waals surface area contributed by atoms with E-state index < -0.39 is 9.84 Å². The monoisotopic (exact) mass is 253 g/mol. The van der Waals surface area contributed by atoms with E-state index in [1.807, 2.05) is 31.2 Å². The second-order valence-corrected chi connectivity index (χ2v) is 6.03. The molecule has 5 heteroatoms. The summed E-state index contributed by atoms with van der Waals surface area (Å²) in [7, 11) is -3.17. The van der Waals surface area contributed by atoms with E-state index in [9.17, 15) is 8.42 Å². The molecule has 0 amide bonds. The number of rotatable bonds is 6. The van der Waals surface area contributed by atoms with Crippen LogP contribution in [0.2, 0.25) is 0 Å². The van der Waals surface area contributed by atoms with Crippen molar-refractivity contribution in [2.24, 2.45) is 0 Å². The Morgan fingerprint density at radius 1 is 1.35 bits per heavy atom. The summed E-state index contributed by atoms with van der Waals surface area (Å²) in [6.07, 6.45) is 0.0345. The SMILES string of the molecule is Cc1cccc(OCCS(=O)(=O)CCC#N)c1. The van der Waals surface area contributed by atoms with Gasteiger partial charge >= 0.3 is 0 Å². The fourth-order valence-electron chi connectivity index (χ4n) is 1.29. The van der Waals surface area contributed by atoms with Crippen molar-refractivity contribution in [3.63, 3.8) is 0 Å². The molecule has 0 aliphatic heterocycles. The van der Waals surface area contributed by atoms with Crippen LogP contribution in [0.3, 0.4) is 0 Å². The Kier molecular flexibility index (Phi) is 4.98. The summed E-state index contributed by atoms with van der Waals surface area (Å²) in [4.78, 5) is 0. The molecule has 0 unspecified atom stereocenters. The molecule has 0 saturated heterocycles. The maximum atomic E-state index is 11.4. The first-order valence-corrected chi connectivity index (χ1v) is 7.12. The molecule has 0 heterocycles. The summed E-state index contributed by atoms with van der Waals surface area (Å²) in [5.74, 6) is 0.518. The maximum Gasteiger partial charge on any atom is 0.154 e. The highest BCUT2D eigenvalue weighted by Gasteiger charge is 2.10. The average Bonchev–Trinajstić information content (AvgIpc) is 2.26. The van der Waals surface area contributed by atoms with E-state index in [0.717, 1.165) is 5.56 Å². The number of ether oxygens (including phenoxy) is 1. The van der Waals surface area contributed by atoms with Gasteiger partial charge in [0.1, 0.15) is 12.4 Å². The third-order valence-corrected chi connectivity index (χ3v) is 3.79. The Labute approximate surface area is 102 Å². The number of sulfone groups is 1. The Balaban J connectivity index is 2.40. The molecule has 0 aliphatic rings. The summed E-state index contributed by atoms with van der Waals surface area (Å²) >= 11 is 0. The molecule has 1 rings (SSSR count). The van der Waals surface area contributed by atoms with Crippen molar-refractivity contribution in [2.45, 2.75) is 13.3 Å². The van der Waals surface area contributed by atoms with Crippen LogP contribution in [-0.4, -0.2) is 26.5 Å². The smallest absolute Gasteiger partial charge is 0.154 e. The molecule has 0 spiro atoms. The highest BCUT2D eigenvalue weighted by Crippen LogP contribution is 2.12. The number of aryl methyl sites for hydroxylation is 1. The number of hydrogen-bond acceptors (Lipinski definition) is 4. The zero-order chi connectivity index (χ0) is 12.7. The van der Waals surface area contributed by atoms with Crippen LogP contribution >= 0.6 is 0 Å². The fraction of sp³-hybridized carbons (Fsp3) is 0.417. The van der Waals surface area contributed by atoms with Crippen molar-refractivity contribution in [3.8, 4) is 11.8 Å². The van der Waals surface area contributed by atoms with Gasteiger partial charge in [-0.3, -0.25) is 0 Å². The largest absolute Gasteiger partial charge is 0.493 e. The van der Waals surface area contributed by atoms with Crippen LogP contribution in [-0.2, 0) is 9.84 Å². The van der Waals surface area contributed by atoms with E-state index in [1.54, 1.807) is 6.07 Å². The van der Waals surface area contributed by atoms with Crippen LogP contribution in [0.15, 0.2) is 24.3 Å². The molecule has 0 atom stereocenters. The number of nitrogens with zero attached hydrogens (tertiary/aromatic N) is 1. The highest BCUT2D eigenvalue weighted by molar-refractivity contribution is 7.91. The van der Waals surface area contributed by atoms with Crippen LogP contribution in [0.25, 0.3) is 0 Å². The number of hydrogen-bond donors (Lipinski definition) is 0. The third kappa shape index (κ3) is 5.36. The number of benzene rings is 1. The van der Waals surface area contributed by atoms with Crippen molar-refractivity contribution in [3.05, 3.63) is 29.8 Å². The van der Waals surface area contributed by atoms with Gasteiger partial charge in [0.2, 0.25) is 0 Å². The number of nitriles is 1. The Hall–Kier alpha value is -1.54. The van der Waals surface area contributed by atoms with Gasteiger partial charge in [0.25, 0.3) is 0 Å². The van der Waals surface area contributed by atoms with Crippen molar-refractivity contribution >= 4 is 9.84 Å². The summed E-state index contributed by atoms with van der Waals surface area (Å²) in [6, 6.07) is 9.25. The molecule has 92 valence electrons. The summed E-state index contributed by atoms with van der Waals surface area (Å²) < 4.78 is 28.2. The summed E-state index contributed by atoms with van der Waals surface area (Å²) in [6.45, 7) is 2.06. The summed E-state index contributed by atoms with van der Waals surface area (Å²) in [5.41, 5.74) is 1.06. The second-order valence-electron chi connectivity index (χ2n) is 3.72. The van der Waals surface area contributed by atoms with E-state index >= 15 is 0 Å². The van der Waals surface area contributed by atoms with Gasteiger partial charge in [0.05, 0.1) is 17.6 Å². The quantitative estimate of drug-likeness (QED) is 0.774. The average molecular weight is 253 g/mol. The Morgan fingerprint density at radius 2 is 2.12 bits per heavy atom. The van der Waals surface area contributed by atoms with Crippen LogP contribution in [0.1, 0.15) is 12.0 Å². The fourth-order valence-corrected chi connectivity index (χ4v) is 2.24. The molecule has 0 radical (unpaired) electrons. The second kappa shape index (κ2) is 6.26. The zero-order valence-electron chi connectivity index (χ0n) is 9.72. The normalized spacial score (nSPS) is 10.8. The lowest BCUT2D eigenvalue weighted by atomic mass is 10.2. The molecule has 0 fully saturated rings. The van der Waals surface area contributed by atoms with Crippen molar-refractivity contribution in [1.82, 2.24) is 0 Å². The van der Waals surface area contributed by atoms with Gasteiger partial charge in [-0.05, 0) is 24.6 Å². The Bertz CT molecular complexity index is 503. The molecular weight excluding hydrogens is 238 g/mol. The molecule has 4 nitrogen and oxygen atoms in total. The highest BCUT2D eigenvalue weighted by atomic mass is 32.2. The molecule has 0 N–H and O–H groups in total. The van der Waals surface area contributed by atoms with Crippen LogP contribution < -0.4 is 4.74 Å². The topological polar surface area (TPSA) is 67.2 Å². The van der Waals surface area contributed by atoms with Gasteiger partial charge in [-0.15, -0.1) is 0 Å². The first-order valence-electron chi connectivity index (χ1n) is 5.30. The summed E-state index contributed by atoms with van der Waals surface area (Å²) in [5, 5.41) is 8.32. The Morgan fingerprint density at radius 3 is 2.76 bits per heavy atom. The van der Waals surface area contributed by atoms with E-state index in [4.69, 9.17) is 10.00 Å². The van der Waals surface area contributed by atoms with Gasteiger partial charge in [-0.25, -0.2) is 8.42 Å². The molecular formula is C12H15NO3S. The lowest BCUT2D eigenvalue weighted by Gasteiger charge is -2.06. The standard InChI is InChI=1S/C12H15NO3S/c1-11-4-2-5-12(10-11)16-7-9-17(14,15)8-3-6-13/h2,4-5,10H,3,7-9H2,1H3. The van der Waals surface area contributed by atoms with E-state index in [0.29, 0.717) is 5.75 Å². The zero-order valence-corrected chi connectivity index (χ0v) is 10.5. The van der Waals surface area contributed by atoms with Crippen molar-refractivity contribution in [1.29, 1.82) is 5.26 Å². The lowest BCUT2D eigenvalue weighted by molar-refractivity contribution is 0.340. The molecule has 0 bridgehead atoms. The molecule has 1 aromatic rings. The maximum absolute atomic E-state index is 11.4.